The monoisotopic (exact) mass is 388 g/mol. The Morgan fingerprint density at radius 3 is 2.56 bits per heavy atom. The molecule has 1 N–H and O–H groups in total. The number of hydrogen-bond acceptors (Lipinski definition) is 5. The third-order valence-corrected chi connectivity index (χ3v) is 4.81. The van der Waals surface area contributed by atoms with E-state index in [0.29, 0.717) is 22.5 Å². The zero-order valence-electron chi connectivity index (χ0n) is 15.6. The number of amides is 1. The third-order valence-electron chi connectivity index (χ3n) is 4.40. The Labute approximate surface area is 161 Å². The topological polar surface area (TPSA) is 75.7 Å². The number of nitrogens with zero attached hydrogens (tertiary/aromatic N) is 1. The van der Waals surface area contributed by atoms with Gasteiger partial charge >= 0.3 is 0 Å². The van der Waals surface area contributed by atoms with Crippen LogP contribution in [0.5, 0.6) is 0 Å². The van der Waals surface area contributed by atoms with Crippen LogP contribution in [0, 0.1) is 13.8 Å². The van der Waals surface area contributed by atoms with E-state index in [1.807, 2.05) is 45.0 Å². The molecule has 27 heavy (non-hydrogen) atoms. The average molecular weight is 389 g/mol. The second kappa shape index (κ2) is 7.58. The summed E-state index contributed by atoms with van der Waals surface area (Å²) in [6.07, 6.45) is 0. The van der Waals surface area contributed by atoms with E-state index in [1.165, 1.54) is 6.07 Å². The number of rotatable bonds is 5. The maximum atomic E-state index is 12.5. The molecule has 0 aliphatic rings. The summed E-state index contributed by atoms with van der Waals surface area (Å²) >= 11 is 6.06. The van der Waals surface area contributed by atoms with Crippen LogP contribution in [0.15, 0.2) is 44.0 Å². The van der Waals surface area contributed by atoms with Crippen molar-refractivity contribution in [1.82, 2.24) is 10.2 Å². The van der Waals surface area contributed by atoms with Crippen molar-refractivity contribution in [1.29, 1.82) is 0 Å². The molecule has 0 aliphatic carbocycles. The highest BCUT2D eigenvalue weighted by Gasteiger charge is 2.20. The van der Waals surface area contributed by atoms with Crippen molar-refractivity contribution in [2.45, 2.75) is 19.9 Å². The standard InChI is InChI=1S/C20H21ClN2O4/c1-11-7-18-13(8-14(11)21)16(24)9-19(27-18)20(25)22-10-15(23(3)4)17-6-5-12(2)26-17/h5-9,15H,10H2,1-4H3,(H,22,25). The van der Waals surface area contributed by atoms with Crippen LogP contribution in [0.3, 0.4) is 0 Å². The summed E-state index contributed by atoms with van der Waals surface area (Å²) in [7, 11) is 3.80. The molecule has 7 heteroatoms. The number of aryl methyl sites for hydroxylation is 2. The molecule has 0 radical (unpaired) electrons. The van der Waals surface area contributed by atoms with Gasteiger partial charge < -0.3 is 14.2 Å². The second-order valence-electron chi connectivity index (χ2n) is 6.71. The molecule has 3 aromatic rings. The van der Waals surface area contributed by atoms with Gasteiger partial charge in [0.05, 0.1) is 11.4 Å². The number of carbonyl (C=O) groups excluding carboxylic acids is 1. The molecule has 0 saturated heterocycles. The smallest absolute Gasteiger partial charge is 0.287 e. The quantitative estimate of drug-likeness (QED) is 0.721. The molecule has 6 nitrogen and oxygen atoms in total. The fourth-order valence-corrected chi connectivity index (χ4v) is 3.00. The molecule has 142 valence electrons. The fourth-order valence-electron chi connectivity index (χ4n) is 2.84. The van der Waals surface area contributed by atoms with Gasteiger partial charge in [0.1, 0.15) is 17.1 Å². The van der Waals surface area contributed by atoms with Crippen molar-refractivity contribution in [2.75, 3.05) is 20.6 Å². The predicted octanol–water partition coefficient (Wildman–Crippen LogP) is 3.69. The molecule has 1 atom stereocenters. The molecule has 0 fully saturated rings. The van der Waals surface area contributed by atoms with Crippen molar-refractivity contribution in [2.24, 2.45) is 0 Å². The molecule has 3 rings (SSSR count). The van der Waals surface area contributed by atoms with E-state index in [1.54, 1.807) is 12.1 Å². The van der Waals surface area contributed by atoms with Crippen LogP contribution in [0.4, 0.5) is 0 Å². The van der Waals surface area contributed by atoms with Gasteiger partial charge in [-0.25, -0.2) is 0 Å². The van der Waals surface area contributed by atoms with Crippen LogP contribution in [-0.2, 0) is 0 Å². The molecule has 0 saturated carbocycles. The maximum absolute atomic E-state index is 12.5. The average Bonchev–Trinajstić information content (AvgIpc) is 3.02. The van der Waals surface area contributed by atoms with Crippen LogP contribution in [0.25, 0.3) is 11.0 Å². The predicted molar refractivity (Wildman–Crippen MR) is 104 cm³/mol. The van der Waals surface area contributed by atoms with Crippen molar-refractivity contribution in [3.8, 4) is 0 Å². The van der Waals surface area contributed by atoms with Crippen molar-refractivity contribution in [3.63, 3.8) is 0 Å². The Balaban J connectivity index is 1.83. The number of likely N-dealkylation sites (N-methyl/N-ethyl adjacent to an activating group) is 1. The Morgan fingerprint density at radius 2 is 1.93 bits per heavy atom. The van der Waals surface area contributed by atoms with E-state index in [2.05, 4.69) is 5.32 Å². The first-order valence-electron chi connectivity index (χ1n) is 8.51. The van der Waals surface area contributed by atoms with Crippen molar-refractivity contribution < 1.29 is 13.6 Å². The van der Waals surface area contributed by atoms with Crippen molar-refractivity contribution >= 4 is 28.5 Å². The summed E-state index contributed by atoms with van der Waals surface area (Å²) in [4.78, 5) is 26.8. The Morgan fingerprint density at radius 1 is 1.19 bits per heavy atom. The summed E-state index contributed by atoms with van der Waals surface area (Å²) in [6.45, 7) is 3.98. The Hall–Kier alpha value is -2.57. The largest absolute Gasteiger partial charge is 0.465 e. The van der Waals surface area contributed by atoms with Gasteiger partial charge in [0.2, 0.25) is 0 Å². The molecular weight excluding hydrogens is 368 g/mol. The van der Waals surface area contributed by atoms with Gasteiger partial charge in [0.25, 0.3) is 5.91 Å². The number of carbonyl (C=O) groups is 1. The maximum Gasteiger partial charge on any atom is 0.287 e. The molecule has 0 bridgehead atoms. The third kappa shape index (κ3) is 4.07. The Kier molecular flexibility index (Phi) is 5.39. The van der Waals surface area contributed by atoms with Gasteiger partial charge in [-0.3, -0.25) is 14.5 Å². The second-order valence-corrected chi connectivity index (χ2v) is 7.12. The minimum Gasteiger partial charge on any atom is -0.465 e. The summed E-state index contributed by atoms with van der Waals surface area (Å²) in [5, 5.41) is 3.63. The van der Waals surface area contributed by atoms with Gasteiger partial charge in [-0.1, -0.05) is 11.6 Å². The minimum atomic E-state index is -0.461. The zero-order valence-corrected chi connectivity index (χ0v) is 16.4. The van der Waals surface area contributed by atoms with Gasteiger partial charge in [0, 0.05) is 17.6 Å². The summed E-state index contributed by atoms with van der Waals surface area (Å²) in [5.41, 5.74) is 0.792. The molecule has 1 unspecified atom stereocenters. The highest BCUT2D eigenvalue weighted by molar-refractivity contribution is 6.32. The molecule has 0 spiro atoms. The van der Waals surface area contributed by atoms with E-state index >= 15 is 0 Å². The van der Waals surface area contributed by atoms with E-state index in [0.717, 1.165) is 17.1 Å². The lowest BCUT2D eigenvalue weighted by Crippen LogP contribution is -2.34. The molecule has 0 aliphatic heterocycles. The van der Waals surface area contributed by atoms with Crippen LogP contribution < -0.4 is 10.7 Å². The number of hydrogen-bond donors (Lipinski definition) is 1. The normalized spacial score (nSPS) is 12.5. The number of benzene rings is 1. The molecule has 2 aromatic heterocycles. The van der Waals surface area contributed by atoms with E-state index in [-0.39, 0.29) is 17.2 Å². The first kappa shape index (κ1) is 19.2. The molecule has 2 heterocycles. The lowest BCUT2D eigenvalue weighted by Gasteiger charge is -2.22. The lowest BCUT2D eigenvalue weighted by molar-refractivity contribution is 0.0911. The first-order valence-corrected chi connectivity index (χ1v) is 8.89. The summed E-state index contributed by atoms with van der Waals surface area (Å²) in [6, 6.07) is 8.02. The summed E-state index contributed by atoms with van der Waals surface area (Å²) < 4.78 is 11.3. The molecule has 1 aromatic carbocycles. The van der Waals surface area contributed by atoms with Gasteiger partial charge in [-0.2, -0.15) is 0 Å². The highest BCUT2D eigenvalue weighted by Crippen LogP contribution is 2.23. The summed E-state index contributed by atoms with van der Waals surface area (Å²) in [5.74, 6) is 1.06. The highest BCUT2D eigenvalue weighted by atomic mass is 35.5. The van der Waals surface area contributed by atoms with Crippen LogP contribution in [-0.4, -0.2) is 31.4 Å². The van der Waals surface area contributed by atoms with Gasteiger partial charge in [-0.05, 0) is 57.8 Å². The van der Waals surface area contributed by atoms with Crippen LogP contribution >= 0.6 is 11.6 Å². The Bertz CT molecular complexity index is 1050. The first-order chi connectivity index (χ1) is 12.8. The zero-order chi connectivity index (χ0) is 19.7. The lowest BCUT2D eigenvalue weighted by atomic mass is 10.1. The fraction of sp³-hybridized carbons (Fsp3) is 0.300. The number of fused-ring (bicyclic) bond motifs is 1. The van der Waals surface area contributed by atoms with Crippen LogP contribution in [0.2, 0.25) is 5.02 Å². The molecule has 1 amide bonds. The number of furan rings is 1. The number of nitrogens with one attached hydrogen (secondary N) is 1. The van der Waals surface area contributed by atoms with Gasteiger partial charge in [-0.15, -0.1) is 0 Å². The SMILES string of the molecule is Cc1ccc(C(CNC(=O)c2cc(=O)c3cc(Cl)c(C)cc3o2)N(C)C)o1. The number of halogens is 1. The van der Waals surface area contributed by atoms with E-state index in [4.69, 9.17) is 20.4 Å². The van der Waals surface area contributed by atoms with Gasteiger partial charge in [0.15, 0.2) is 11.2 Å². The molecular formula is C20H21ClN2O4. The van der Waals surface area contributed by atoms with E-state index in [9.17, 15) is 9.59 Å². The van der Waals surface area contributed by atoms with Crippen LogP contribution in [0.1, 0.15) is 33.7 Å². The minimum absolute atomic E-state index is 0.0395. The van der Waals surface area contributed by atoms with Crippen molar-refractivity contribution in [3.05, 3.63) is 68.4 Å². The van der Waals surface area contributed by atoms with E-state index < -0.39 is 5.91 Å².